The summed E-state index contributed by atoms with van der Waals surface area (Å²) in [7, 11) is 1.44. The average Bonchev–Trinajstić information content (AvgIpc) is 2.81. The smallest absolute Gasteiger partial charge is 0.341 e. The lowest BCUT2D eigenvalue weighted by Gasteiger charge is -2.13. The summed E-state index contributed by atoms with van der Waals surface area (Å²) in [6.45, 7) is 5.07. The monoisotopic (exact) mass is 354 g/mol. The van der Waals surface area contributed by atoms with Crippen molar-refractivity contribution < 1.29 is 9.53 Å². The van der Waals surface area contributed by atoms with Gasteiger partial charge in [0.25, 0.3) is 0 Å². The van der Waals surface area contributed by atoms with Gasteiger partial charge in [-0.2, -0.15) is 0 Å². The Kier molecular flexibility index (Phi) is 6.84. The molecule has 0 aliphatic heterocycles. The quantitative estimate of drug-likeness (QED) is 0.629. The number of fused-ring (bicyclic) bond motifs is 1. The van der Waals surface area contributed by atoms with Crippen molar-refractivity contribution in [3.8, 4) is 0 Å². The number of aryl methyl sites for hydroxylation is 1. The zero-order chi connectivity index (χ0) is 16.8. The lowest BCUT2D eigenvalue weighted by molar-refractivity contribution is 0.0601. The van der Waals surface area contributed by atoms with Gasteiger partial charge in [0.15, 0.2) is 5.11 Å². The van der Waals surface area contributed by atoms with Crippen LogP contribution in [-0.2, 0) is 17.6 Å². The van der Waals surface area contributed by atoms with Gasteiger partial charge in [0.05, 0.1) is 12.7 Å². The molecular weight excluding hydrogens is 328 g/mol. The van der Waals surface area contributed by atoms with Gasteiger partial charge in [-0.05, 0) is 49.4 Å². The maximum Gasteiger partial charge on any atom is 0.341 e. The van der Waals surface area contributed by atoms with Crippen molar-refractivity contribution >= 4 is 39.6 Å². The number of nitrogens with one attached hydrogen (secondary N) is 2. The van der Waals surface area contributed by atoms with Gasteiger partial charge in [-0.25, -0.2) is 4.79 Å². The minimum atomic E-state index is -0.266. The van der Waals surface area contributed by atoms with Gasteiger partial charge < -0.3 is 15.4 Å². The van der Waals surface area contributed by atoms with E-state index in [1.165, 1.54) is 31.2 Å². The first kappa shape index (κ1) is 18.2. The van der Waals surface area contributed by atoms with E-state index >= 15 is 0 Å². The van der Waals surface area contributed by atoms with Gasteiger partial charge in [0.1, 0.15) is 5.00 Å². The zero-order valence-electron chi connectivity index (χ0n) is 14.2. The van der Waals surface area contributed by atoms with E-state index in [4.69, 9.17) is 17.0 Å². The molecule has 1 aromatic rings. The summed E-state index contributed by atoms with van der Waals surface area (Å²) in [5.41, 5.74) is 1.85. The molecule has 1 aromatic heterocycles. The Bertz CT molecular complexity index is 567. The van der Waals surface area contributed by atoms with Crippen molar-refractivity contribution in [2.75, 3.05) is 19.0 Å². The van der Waals surface area contributed by atoms with Crippen LogP contribution in [0.3, 0.4) is 0 Å². The van der Waals surface area contributed by atoms with Crippen molar-refractivity contribution in [2.24, 2.45) is 5.92 Å². The van der Waals surface area contributed by atoms with Gasteiger partial charge in [-0.15, -0.1) is 11.3 Å². The molecule has 0 saturated heterocycles. The number of ether oxygens (including phenoxy) is 1. The lowest BCUT2D eigenvalue weighted by atomic mass is 9.96. The van der Waals surface area contributed by atoms with E-state index in [9.17, 15) is 4.79 Å². The van der Waals surface area contributed by atoms with Crippen LogP contribution in [0.5, 0.6) is 0 Å². The van der Waals surface area contributed by atoms with Crippen LogP contribution in [0.4, 0.5) is 5.00 Å². The van der Waals surface area contributed by atoms with Crippen molar-refractivity contribution in [2.45, 2.75) is 52.4 Å². The number of hydrogen-bond acceptors (Lipinski definition) is 4. The lowest BCUT2D eigenvalue weighted by Crippen LogP contribution is -2.31. The Morgan fingerprint density at radius 2 is 1.96 bits per heavy atom. The molecule has 23 heavy (non-hydrogen) atoms. The molecule has 2 N–H and O–H groups in total. The van der Waals surface area contributed by atoms with Crippen LogP contribution < -0.4 is 10.6 Å². The molecule has 2 rings (SSSR count). The van der Waals surface area contributed by atoms with E-state index in [2.05, 4.69) is 24.5 Å². The van der Waals surface area contributed by atoms with Gasteiger partial charge in [-0.1, -0.05) is 26.7 Å². The first-order valence-corrected chi connectivity index (χ1v) is 9.53. The number of thiocarbonyl (C=S) groups is 1. The molecule has 0 unspecified atom stereocenters. The summed E-state index contributed by atoms with van der Waals surface area (Å²) in [6, 6.07) is 0. The van der Waals surface area contributed by atoms with Crippen LogP contribution in [0.1, 0.15) is 60.3 Å². The van der Waals surface area contributed by atoms with Gasteiger partial charge in [0, 0.05) is 11.4 Å². The second-order valence-corrected chi connectivity index (χ2v) is 7.86. The van der Waals surface area contributed by atoms with Crippen molar-refractivity contribution in [1.29, 1.82) is 0 Å². The predicted octanol–water partition coefficient (Wildman–Crippen LogP) is 4.14. The Hall–Kier alpha value is -1.14. The Balaban J connectivity index is 2.25. The van der Waals surface area contributed by atoms with E-state index in [0.717, 1.165) is 36.4 Å². The molecule has 1 aliphatic rings. The summed E-state index contributed by atoms with van der Waals surface area (Å²) in [5.74, 6) is 0.246. The summed E-state index contributed by atoms with van der Waals surface area (Å²) in [4.78, 5) is 13.6. The molecule has 0 atom stereocenters. The second-order valence-electron chi connectivity index (χ2n) is 6.34. The minimum Gasteiger partial charge on any atom is -0.465 e. The summed E-state index contributed by atoms with van der Waals surface area (Å²) < 4.78 is 5.02. The average molecular weight is 355 g/mol. The van der Waals surface area contributed by atoms with E-state index in [1.54, 1.807) is 11.3 Å². The SMILES string of the molecule is COC(=O)c1c(NC(=S)NCC(C)C)sc2c1CCCCCC2. The fourth-order valence-electron chi connectivity index (χ4n) is 2.77. The number of methoxy groups -OCH3 is 1. The highest BCUT2D eigenvalue weighted by molar-refractivity contribution is 7.80. The van der Waals surface area contributed by atoms with Gasteiger partial charge >= 0.3 is 5.97 Å². The molecule has 0 saturated carbocycles. The number of carbonyl (C=O) groups excluding carboxylic acids is 1. The molecule has 1 aliphatic carbocycles. The summed E-state index contributed by atoms with van der Waals surface area (Å²) >= 11 is 7.01. The number of thiophene rings is 1. The number of esters is 1. The van der Waals surface area contributed by atoms with E-state index in [0.29, 0.717) is 16.6 Å². The molecule has 0 fully saturated rings. The molecule has 128 valence electrons. The normalized spacial score (nSPS) is 14.6. The third kappa shape index (κ3) is 4.91. The summed E-state index contributed by atoms with van der Waals surface area (Å²) in [5, 5.41) is 7.80. The van der Waals surface area contributed by atoms with Crippen LogP contribution in [-0.4, -0.2) is 24.7 Å². The highest BCUT2D eigenvalue weighted by atomic mass is 32.1. The molecule has 0 amide bonds. The van der Waals surface area contributed by atoms with Gasteiger partial charge in [0.2, 0.25) is 0 Å². The molecule has 0 radical (unpaired) electrons. The first-order chi connectivity index (χ1) is 11.0. The molecule has 0 aromatic carbocycles. The molecule has 6 heteroatoms. The number of rotatable bonds is 4. The van der Waals surface area contributed by atoms with Crippen molar-refractivity contribution in [1.82, 2.24) is 5.32 Å². The topological polar surface area (TPSA) is 50.4 Å². The number of anilines is 1. The highest BCUT2D eigenvalue weighted by Crippen LogP contribution is 2.37. The Labute approximate surface area is 148 Å². The van der Waals surface area contributed by atoms with Crippen molar-refractivity contribution in [3.05, 3.63) is 16.0 Å². The zero-order valence-corrected chi connectivity index (χ0v) is 15.8. The molecular formula is C17H26N2O2S2. The molecule has 1 heterocycles. The fourth-order valence-corrected chi connectivity index (χ4v) is 4.30. The maximum atomic E-state index is 12.3. The summed E-state index contributed by atoms with van der Waals surface area (Å²) in [6.07, 6.45) is 6.80. The molecule has 0 spiro atoms. The van der Waals surface area contributed by atoms with Crippen LogP contribution >= 0.6 is 23.6 Å². The van der Waals surface area contributed by atoms with E-state index < -0.39 is 0 Å². The Morgan fingerprint density at radius 3 is 2.61 bits per heavy atom. The van der Waals surface area contributed by atoms with Crippen molar-refractivity contribution in [3.63, 3.8) is 0 Å². The predicted molar refractivity (Wildman–Crippen MR) is 101 cm³/mol. The van der Waals surface area contributed by atoms with Crippen LogP contribution in [0.2, 0.25) is 0 Å². The van der Waals surface area contributed by atoms with Crippen LogP contribution in [0, 0.1) is 5.92 Å². The van der Waals surface area contributed by atoms with Crippen LogP contribution in [0.25, 0.3) is 0 Å². The number of carbonyl (C=O) groups is 1. The molecule has 4 nitrogen and oxygen atoms in total. The Morgan fingerprint density at radius 1 is 1.26 bits per heavy atom. The van der Waals surface area contributed by atoms with E-state index in [1.807, 2.05) is 0 Å². The molecule has 0 bridgehead atoms. The van der Waals surface area contributed by atoms with Gasteiger partial charge in [-0.3, -0.25) is 0 Å². The second kappa shape index (κ2) is 8.64. The minimum absolute atomic E-state index is 0.266. The van der Waals surface area contributed by atoms with E-state index in [-0.39, 0.29) is 5.97 Å². The standard InChI is InChI=1S/C17H26N2O2S2/c1-11(2)10-18-17(22)19-15-14(16(20)21-3)12-8-6-4-5-7-9-13(12)23-15/h11H,4-10H2,1-3H3,(H2,18,19,22). The largest absolute Gasteiger partial charge is 0.465 e. The first-order valence-electron chi connectivity index (χ1n) is 8.30. The highest BCUT2D eigenvalue weighted by Gasteiger charge is 2.25. The third-order valence-corrected chi connectivity index (χ3v) is 5.41. The third-order valence-electron chi connectivity index (χ3n) is 3.96. The number of hydrogen-bond donors (Lipinski definition) is 2. The van der Waals surface area contributed by atoms with Crippen LogP contribution in [0.15, 0.2) is 0 Å². The fraction of sp³-hybridized carbons (Fsp3) is 0.647. The maximum absolute atomic E-state index is 12.3.